The highest BCUT2D eigenvalue weighted by molar-refractivity contribution is 7.95. The smallest absolute Gasteiger partial charge is 0.176 e. The average molecular weight is 484 g/mol. The molecule has 0 atom stereocenters. The number of furan rings is 1. The molecule has 4 aromatic carbocycles. The lowest BCUT2D eigenvalue weighted by Crippen LogP contribution is -3.00. The number of fused-ring (bicyclic) bond motifs is 1. The van der Waals surface area contributed by atoms with E-state index in [0.717, 1.165) is 17.3 Å². The summed E-state index contributed by atoms with van der Waals surface area (Å²) in [6, 6.07) is 40.0. The van der Waals surface area contributed by atoms with Gasteiger partial charge < -0.3 is 21.6 Å². The third kappa shape index (κ3) is 4.19. The molecule has 0 amide bonds. The normalized spacial score (nSPS) is 10.9. The summed E-state index contributed by atoms with van der Waals surface area (Å²) in [6.07, 6.45) is 0.727. The summed E-state index contributed by atoms with van der Waals surface area (Å²) in [5, 5.41) is 14.2. The molecule has 1 aromatic heterocycles. The molecule has 168 valence electrons. The van der Waals surface area contributed by atoms with Crippen LogP contribution in [0.4, 0.5) is 0 Å². The summed E-state index contributed by atoms with van der Waals surface area (Å²) in [5.74, 6) is 1.46. The second-order valence-electron chi connectivity index (χ2n) is 7.90. The van der Waals surface area contributed by atoms with E-state index in [-0.39, 0.29) is 12.4 Å². The lowest BCUT2D eigenvalue weighted by atomic mass is 10.1. The highest BCUT2D eigenvalue weighted by Crippen LogP contribution is 2.58. The molecule has 0 aliphatic carbocycles. The molecule has 0 aliphatic rings. The third-order valence-corrected chi connectivity index (χ3v) is 10.3. The van der Waals surface area contributed by atoms with Gasteiger partial charge in [0.25, 0.3) is 0 Å². The van der Waals surface area contributed by atoms with Gasteiger partial charge >= 0.3 is 0 Å². The standard InChI is InChI=1S/C29H23NO2P.ClH/c1-31-28-18-22(20-30)17-23-19-24(32-29(23)28)21-33(25-11-5-2-6-12-25,26-13-7-3-8-14-26)27-15-9-4-10-16-27;/h2-19H,21H2,1H3;1H/q+1;/p-1. The molecular weight excluding hydrogens is 461 g/mol. The minimum absolute atomic E-state index is 0. The maximum Gasteiger partial charge on any atom is 0.176 e. The van der Waals surface area contributed by atoms with Crippen molar-refractivity contribution in [1.29, 1.82) is 5.26 Å². The van der Waals surface area contributed by atoms with Crippen molar-refractivity contribution in [2.45, 2.75) is 6.16 Å². The molecule has 0 N–H and O–H groups in total. The number of hydrogen-bond donors (Lipinski definition) is 0. The molecule has 5 heteroatoms. The predicted octanol–water partition coefficient (Wildman–Crippen LogP) is 2.81. The Morgan fingerprint density at radius 2 is 1.26 bits per heavy atom. The zero-order chi connectivity index (χ0) is 22.7. The molecule has 0 unspecified atom stereocenters. The van der Waals surface area contributed by atoms with Crippen molar-refractivity contribution in [2.75, 3.05) is 7.11 Å². The molecule has 5 rings (SSSR count). The first kappa shape index (κ1) is 23.6. The number of nitrogens with zero attached hydrogens (tertiary/aromatic N) is 1. The van der Waals surface area contributed by atoms with E-state index in [0.29, 0.717) is 16.9 Å². The van der Waals surface area contributed by atoms with Crippen LogP contribution in [0, 0.1) is 11.3 Å². The summed E-state index contributed by atoms with van der Waals surface area (Å²) in [6.45, 7) is 0. The number of ether oxygens (including phenoxy) is 1. The van der Waals surface area contributed by atoms with Crippen LogP contribution in [0.25, 0.3) is 11.0 Å². The Bertz CT molecular complexity index is 1330. The SMILES string of the molecule is COc1cc(C#N)cc2cc(C[P+](c3ccccc3)(c3ccccc3)c3ccccc3)oc12.[Cl-]. The van der Waals surface area contributed by atoms with Crippen molar-refractivity contribution >= 4 is 34.1 Å². The van der Waals surface area contributed by atoms with E-state index in [1.807, 2.05) is 6.07 Å². The van der Waals surface area contributed by atoms with E-state index in [4.69, 9.17) is 9.15 Å². The first-order chi connectivity index (χ1) is 16.2. The zero-order valence-corrected chi connectivity index (χ0v) is 20.3. The van der Waals surface area contributed by atoms with Crippen LogP contribution in [0.3, 0.4) is 0 Å². The highest BCUT2D eigenvalue weighted by Gasteiger charge is 2.46. The second kappa shape index (κ2) is 10.1. The minimum Gasteiger partial charge on any atom is -1.00 e. The van der Waals surface area contributed by atoms with E-state index in [9.17, 15) is 5.26 Å². The lowest BCUT2D eigenvalue weighted by molar-refractivity contribution is -0.00000745. The van der Waals surface area contributed by atoms with Crippen LogP contribution in [0.15, 0.2) is 114 Å². The number of halogens is 1. The molecule has 0 bridgehead atoms. The molecule has 1 heterocycles. The second-order valence-corrected chi connectivity index (χ2v) is 11.4. The van der Waals surface area contributed by atoms with Gasteiger partial charge in [0.2, 0.25) is 0 Å². The van der Waals surface area contributed by atoms with Gasteiger partial charge in [0.1, 0.15) is 35.1 Å². The van der Waals surface area contributed by atoms with Crippen LogP contribution >= 0.6 is 7.26 Å². The number of hydrogen-bond acceptors (Lipinski definition) is 3. The average Bonchev–Trinajstić information content (AvgIpc) is 3.30. The molecule has 0 radical (unpaired) electrons. The fourth-order valence-electron chi connectivity index (χ4n) is 4.47. The lowest BCUT2D eigenvalue weighted by Gasteiger charge is -2.26. The summed E-state index contributed by atoms with van der Waals surface area (Å²) in [4.78, 5) is 0. The number of nitriles is 1. The van der Waals surface area contributed by atoms with Crippen LogP contribution in [0.1, 0.15) is 11.3 Å². The zero-order valence-electron chi connectivity index (χ0n) is 18.7. The predicted molar refractivity (Wildman–Crippen MR) is 136 cm³/mol. The maximum absolute atomic E-state index is 9.43. The number of rotatable bonds is 6. The number of benzene rings is 4. The number of methoxy groups -OCH3 is 1. The van der Waals surface area contributed by atoms with Crippen LogP contribution in [-0.2, 0) is 6.16 Å². The van der Waals surface area contributed by atoms with Crippen molar-refractivity contribution in [3.63, 3.8) is 0 Å². The molecule has 3 nitrogen and oxygen atoms in total. The molecule has 0 saturated heterocycles. The molecule has 34 heavy (non-hydrogen) atoms. The van der Waals surface area contributed by atoms with E-state index >= 15 is 0 Å². The summed E-state index contributed by atoms with van der Waals surface area (Å²) < 4.78 is 11.9. The summed E-state index contributed by atoms with van der Waals surface area (Å²) in [7, 11) is -0.468. The molecule has 0 fully saturated rings. The summed E-state index contributed by atoms with van der Waals surface area (Å²) in [5.41, 5.74) is 1.24. The summed E-state index contributed by atoms with van der Waals surface area (Å²) >= 11 is 0. The molecular formula is C29H23ClNO2P. The van der Waals surface area contributed by atoms with Crippen LogP contribution < -0.4 is 33.1 Å². The van der Waals surface area contributed by atoms with Crippen LogP contribution in [0.5, 0.6) is 5.75 Å². The van der Waals surface area contributed by atoms with Gasteiger partial charge in [0.15, 0.2) is 11.3 Å². The van der Waals surface area contributed by atoms with Gasteiger partial charge in [0.05, 0.1) is 18.7 Å². The van der Waals surface area contributed by atoms with Gasteiger partial charge in [-0.1, -0.05) is 54.6 Å². The van der Waals surface area contributed by atoms with Gasteiger partial charge in [0, 0.05) is 11.5 Å². The topological polar surface area (TPSA) is 46.2 Å². The van der Waals surface area contributed by atoms with Gasteiger partial charge in [-0.2, -0.15) is 5.26 Å². The van der Waals surface area contributed by atoms with Crippen LogP contribution in [-0.4, -0.2) is 7.11 Å². The monoisotopic (exact) mass is 483 g/mol. The highest BCUT2D eigenvalue weighted by atomic mass is 35.5. The molecule has 0 aliphatic heterocycles. The Morgan fingerprint density at radius 1 is 0.765 bits per heavy atom. The Balaban J connectivity index is 0.00000274. The Kier molecular flexibility index (Phi) is 7.03. The van der Waals surface area contributed by atoms with Gasteiger partial charge in [-0.05, 0) is 48.5 Å². The van der Waals surface area contributed by atoms with Crippen molar-refractivity contribution in [3.8, 4) is 11.8 Å². The van der Waals surface area contributed by atoms with Crippen molar-refractivity contribution < 1.29 is 21.6 Å². The third-order valence-electron chi connectivity index (χ3n) is 5.97. The van der Waals surface area contributed by atoms with Crippen molar-refractivity contribution in [3.05, 3.63) is 121 Å². The van der Waals surface area contributed by atoms with Gasteiger partial charge in [-0.15, -0.1) is 0 Å². The Hall–Kier alpha value is -3.57. The quantitative estimate of drug-likeness (QED) is 0.349. The first-order valence-electron chi connectivity index (χ1n) is 10.8. The molecule has 5 aromatic rings. The fourth-order valence-corrected chi connectivity index (χ4v) is 8.58. The first-order valence-corrected chi connectivity index (χ1v) is 12.8. The minimum atomic E-state index is -2.07. The largest absolute Gasteiger partial charge is 1.00 e. The van der Waals surface area contributed by atoms with Gasteiger partial charge in [-0.25, -0.2) is 0 Å². The Morgan fingerprint density at radius 3 is 1.71 bits per heavy atom. The van der Waals surface area contributed by atoms with E-state index in [2.05, 4.69) is 103 Å². The van der Waals surface area contributed by atoms with Crippen molar-refractivity contribution in [2.24, 2.45) is 0 Å². The molecule has 0 spiro atoms. The Labute approximate surface area is 206 Å². The molecule has 0 saturated carbocycles. The van der Waals surface area contributed by atoms with Crippen LogP contribution in [0.2, 0.25) is 0 Å². The maximum atomic E-state index is 9.43. The van der Waals surface area contributed by atoms with Crippen molar-refractivity contribution in [1.82, 2.24) is 0 Å². The van der Waals surface area contributed by atoms with E-state index in [1.54, 1.807) is 13.2 Å². The fraction of sp³-hybridized carbons (Fsp3) is 0.0690. The van der Waals surface area contributed by atoms with E-state index < -0.39 is 7.26 Å². The van der Waals surface area contributed by atoms with E-state index in [1.165, 1.54) is 15.9 Å². The van der Waals surface area contributed by atoms with Gasteiger partial charge in [-0.3, -0.25) is 0 Å².